The van der Waals surface area contributed by atoms with Crippen molar-refractivity contribution in [1.29, 1.82) is 0 Å². The van der Waals surface area contributed by atoms with E-state index in [0.29, 0.717) is 13.0 Å². The standard InChI is InChI=1S/C12H22N2O3/c1-5-11(2,3)13-10(17)14-7-6-12(4,8-14)9(15)16/h5-8H2,1-4H3,(H,13,17)(H,15,16). The van der Waals surface area contributed by atoms with Gasteiger partial charge in [0.25, 0.3) is 0 Å². The molecular weight excluding hydrogens is 220 g/mol. The highest BCUT2D eigenvalue weighted by Crippen LogP contribution is 2.30. The van der Waals surface area contributed by atoms with Crippen LogP contribution in [-0.2, 0) is 4.79 Å². The third-order valence-corrected chi connectivity index (χ3v) is 3.61. The number of rotatable bonds is 3. The molecule has 1 heterocycles. The van der Waals surface area contributed by atoms with Crippen LogP contribution in [0.2, 0.25) is 0 Å². The quantitative estimate of drug-likeness (QED) is 0.791. The zero-order valence-corrected chi connectivity index (χ0v) is 11.0. The van der Waals surface area contributed by atoms with Gasteiger partial charge in [-0.2, -0.15) is 0 Å². The van der Waals surface area contributed by atoms with E-state index < -0.39 is 11.4 Å². The molecule has 0 aromatic carbocycles. The maximum Gasteiger partial charge on any atom is 0.317 e. The minimum atomic E-state index is -0.831. The molecule has 0 aliphatic carbocycles. The Morgan fingerprint density at radius 3 is 2.47 bits per heavy atom. The summed E-state index contributed by atoms with van der Waals surface area (Å²) in [6, 6.07) is -0.165. The van der Waals surface area contributed by atoms with Crippen LogP contribution >= 0.6 is 0 Å². The van der Waals surface area contributed by atoms with Crippen LogP contribution in [0.25, 0.3) is 0 Å². The van der Waals surface area contributed by atoms with Crippen LogP contribution in [-0.4, -0.2) is 40.6 Å². The van der Waals surface area contributed by atoms with Crippen LogP contribution in [0.5, 0.6) is 0 Å². The molecule has 2 amide bonds. The third-order valence-electron chi connectivity index (χ3n) is 3.61. The van der Waals surface area contributed by atoms with Gasteiger partial charge < -0.3 is 15.3 Å². The van der Waals surface area contributed by atoms with E-state index in [0.717, 1.165) is 6.42 Å². The first kappa shape index (κ1) is 13.8. The lowest BCUT2D eigenvalue weighted by Gasteiger charge is -2.28. The molecule has 2 N–H and O–H groups in total. The first-order valence-corrected chi connectivity index (χ1v) is 6.01. The summed E-state index contributed by atoms with van der Waals surface area (Å²) >= 11 is 0. The first-order valence-electron chi connectivity index (χ1n) is 6.01. The van der Waals surface area contributed by atoms with Crippen LogP contribution in [0.3, 0.4) is 0 Å². The number of nitrogens with zero attached hydrogens (tertiary/aromatic N) is 1. The topological polar surface area (TPSA) is 69.6 Å². The van der Waals surface area contributed by atoms with Crippen molar-refractivity contribution in [2.75, 3.05) is 13.1 Å². The van der Waals surface area contributed by atoms with Crippen molar-refractivity contribution in [3.8, 4) is 0 Å². The Balaban J connectivity index is 2.60. The summed E-state index contributed by atoms with van der Waals surface area (Å²) in [5, 5.41) is 12.0. The third kappa shape index (κ3) is 3.11. The molecule has 1 atom stereocenters. The van der Waals surface area contributed by atoms with Crippen molar-refractivity contribution in [3.63, 3.8) is 0 Å². The van der Waals surface area contributed by atoms with Crippen molar-refractivity contribution < 1.29 is 14.7 Å². The number of hydrogen-bond acceptors (Lipinski definition) is 2. The summed E-state index contributed by atoms with van der Waals surface area (Å²) in [5.41, 5.74) is -1.05. The molecular formula is C12H22N2O3. The smallest absolute Gasteiger partial charge is 0.317 e. The van der Waals surface area contributed by atoms with Crippen LogP contribution in [0.15, 0.2) is 0 Å². The lowest BCUT2D eigenvalue weighted by Crippen LogP contribution is -2.49. The Morgan fingerprint density at radius 1 is 1.47 bits per heavy atom. The highest BCUT2D eigenvalue weighted by molar-refractivity contribution is 5.79. The second-order valence-corrected chi connectivity index (χ2v) is 5.70. The summed E-state index contributed by atoms with van der Waals surface area (Å²) in [6.07, 6.45) is 1.35. The molecule has 0 aromatic heterocycles. The highest BCUT2D eigenvalue weighted by atomic mass is 16.4. The van der Waals surface area contributed by atoms with E-state index in [2.05, 4.69) is 5.32 Å². The number of carbonyl (C=O) groups is 2. The number of likely N-dealkylation sites (tertiary alicyclic amines) is 1. The van der Waals surface area contributed by atoms with Crippen molar-refractivity contribution >= 4 is 12.0 Å². The van der Waals surface area contributed by atoms with Crippen molar-refractivity contribution in [1.82, 2.24) is 10.2 Å². The Bertz CT molecular complexity index is 328. The maximum absolute atomic E-state index is 12.0. The van der Waals surface area contributed by atoms with Crippen molar-refractivity contribution in [3.05, 3.63) is 0 Å². The molecule has 0 spiro atoms. The van der Waals surface area contributed by atoms with E-state index in [9.17, 15) is 9.59 Å². The van der Waals surface area contributed by atoms with Crippen LogP contribution in [0, 0.1) is 5.41 Å². The molecule has 17 heavy (non-hydrogen) atoms. The lowest BCUT2D eigenvalue weighted by atomic mass is 9.90. The summed E-state index contributed by atoms with van der Waals surface area (Å²) < 4.78 is 0. The molecule has 1 aliphatic heterocycles. The Hall–Kier alpha value is -1.26. The lowest BCUT2D eigenvalue weighted by molar-refractivity contribution is -0.146. The normalized spacial score (nSPS) is 24.8. The fraction of sp³-hybridized carbons (Fsp3) is 0.833. The maximum atomic E-state index is 12.0. The second-order valence-electron chi connectivity index (χ2n) is 5.70. The van der Waals surface area contributed by atoms with Gasteiger partial charge in [0.2, 0.25) is 0 Å². The molecule has 1 saturated heterocycles. The molecule has 1 fully saturated rings. The van der Waals surface area contributed by atoms with Crippen LogP contribution < -0.4 is 5.32 Å². The molecule has 0 bridgehead atoms. The number of carboxylic acids is 1. The van der Waals surface area contributed by atoms with Crippen LogP contribution in [0.1, 0.15) is 40.5 Å². The molecule has 5 nitrogen and oxygen atoms in total. The average molecular weight is 242 g/mol. The number of carboxylic acid groups (broad SMARTS) is 1. The number of urea groups is 1. The van der Waals surface area contributed by atoms with Gasteiger partial charge in [-0.25, -0.2) is 4.79 Å². The number of hydrogen-bond donors (Lipinski definition) is 2. The van der Waals surface area contributed by atoms with Gasteiger partial charge in [0.05, 0.1) is 5.41 Å². The molecule has 5 heteroatoms. The minimum absolute atomic E-state index is 0.165. The van der Waals surface area contributed by atoms with Gasteiger partial charge in [-0.15, -0.1) is 0 Å². The average Bonchev–Trinajstić information content (AvgIpc) is 2.62. The molecule has 1 rings (SSSR count). The predicted molar refractivity (Wildman–Crippen MR) is 64.8 cm³/mol. The first-order chi connectivity index (χ1) is 7.70. The summed E-state index contributed by atoms with van der Waals surface area (Å²) in [5.74, 6) is -0.831. The SMILES string of the molecule is CCC(C)(C)NC(=O)N1CCC(C)(C(=O)O)C1. The fourth-order valence-corrected chi connectivity index (χ4v) is 1.77. The van der Waals surface area contributed by atoms with E-state index >= 15 is 0 Å². The second kappa shape index (κ2) is 4.55. The van der Waals surface area contributed by atoms with E-state index in [1.54, 1.807) is 11.8 Å². The molecule has 0 aromatic rings. The van der Waals surface area contributed by atoms with E-state index in [-0.39, 0.29) is 18.1 Å². The minimum Gasteiger partial charge on any atom is -0.481 e. The Kier molecular flexibility index (Phi) is 3.69. The number of carbonyl (C=O) groups excluding carboxylic acids is 1. The van der Waals surface area contributed by atoms with Gasteiger partial charge >= 0.3 is 12.0 Å². The molecule has 0 saturated carbocycles. The summed E-state index contributed by atoms with van der Waals surface area (Å²) in [4.78, 5) is 24.6. The zero-order chi connectivity index (χ0) is 13.3. The van der Waals surface area contributed by atoms with Gasteiger partial charge in [-0.3, -0.25) is 4.79 Å². The summed E-state index contributed by atoms with van der Waals surface area (Å²) in [6.45, 7) is 8.40. The van der Waals surface area contributed by atoms with E-state index in [1.165, 1.54) is 0 Å². The largest absolute Gasteiger partial charge is 0.481 e. The molecule has 1 aliphatic rings. The Morgan fingerprint density at radius 2 is 2.06 bits per heavy atom. The number of nitrogens with one attached hydrogen (secondary N) is 1. The summed E-state index contributed by atoms with van der Waals surface area (Å²) in [7, 11) is 0. The zero-order valence-electron chi connectivity index (χ0n) is 11.0. The van der Waals surface area contributed by atoms with Crippen molar-refractivity contribution in [2.45, 2.75) is 46.1 Å². The van der Waals surface area contributed by atoms with Gasteiger partial charge in [0.15, 0.2) is 0 Å². The highest BCUT2D eigenvalue weighted by Gasteiger charge is 2.42. The van der Waals surface area contributed by atoms with E-state index in [4.69, 9.17) is 5.11 Å². The number of aliphatic carboxylic acids is 1. The van der Waals surface area contributed by atoms with Crippen LogP contribution in [0.4, 0.5) is 4.79 Å². The molecule has 1 unspecified atom stereocenters. The van der Waals surface area contributed by atoms with Gasteiger partial charge in [0.1, 0.15) is 0 Å². The number of amides is 2. The van der Waals surface area contributed by atoms with Gasteiger partial charge in [-0.1, -0.05) is 6.92 Å². The molecule has 98 valence electrons. The Labute approximate surface area is 102 Å². The fourth-order valence-electron chi connectivity index (χ4n) is 1.77. The monoisotopic (exact) mass is 242 g/mol. The van der Waals surface area contributed by atoms with Crippen molar-refractivity contribution in [2.24, 2.45) is 5.41 Å². The predicted octanol–water partition coefficient (Wildman–Crippen LogP) is 1.68. The molecule has 0 radical (unpaired) electrons. The van der Waals surface area contributed by atoms with Gasteiger partial charge in [0, 0.05) is 18.6 Å². The van der Waals surface area contributed by atoms with E-state index in [1.807, 2.05) is 20.8 Å². The van der Waals surface area contributed by atoms with Gasteiger partial charge in [-0.05, 0) is 33.6 Å².